The largest absolute Gasteiger partial charge is 0.480 e. The van der Waals surface area contributed by atoms with E-state index in [1.807, 2.05) is 6.92 Å². The molecule has 2 heterocycles. The Balaban J connectivity index is 2.78. The average molecular weight is 1520 g/mol. The van der Waals surface area contributed by atoms with Gasteiger partial charge in [0.15, 0.2) is 24.8 Å². The first kappa shape index (κ1) is 97.2. The number of amides is 2. The van der Waals surface area contributed by atoms with Gasteiger partial charge in [0.2, 0.25) is 11.8 Å². The molecular formula is C78H143N2O24P. The maximum absolute atomic E-state index is 14.7. The molecule has 0 aromatic rings. The summed E-state index contributed by atoms with van der Waals surface area (Å²) in [7, 11) is -5.57. The third-order valence-corrected chi connectivity index (χ3v) is 20.0. The van der Waals surface area contributed by atoms with Crippen molar-refractivity contribution in [2.75, 3.05) is 19.8 Å². The number of carboxylic acids is 1. The van der Waals surface area contributed by atoms with Crippen molar-refractivity contribution >= 4 is 49.5 Å². The number of carbonyl (C=O) groups excluding carboxylic acids is 6. The minimum atomic E-state index is -5.57. The summed E-state index contributed by atoms with van der Waals surface area (Å²) in [6.45, 7) is 9.58. The second-order valence-corrected chi connectivity index (χ2v) is 30.5. The molecule has 9 N–H and O–H groups in total. The molecule has 26 nitrogen and oxygen atoms in total. The number of unbranched alkanes of at least 4 members (excludes halogenated alkanes) is 32. The molecule has 0 bridgehead atoms. The van der Waals surface area contributed by atoms with Gasteiger partial charge in [-0.15, -0.1) is 0 Å². The lowest BCUT2D eigenvalue weighted by Gasteiger charge is -2.47. The van der Waals surface area contributed by atoms with Crippen molar-refractivity contribution in [3.63, 3.8) is 0 Å². The minimum absolute atomic E-state index is 0.112. The summed E-state index contributed by atoms with van der Waals surface area (Å²) in [5, 5.41) is 61.1. The number of phosphoric acid groups is 1. The Morgan fingerprint density at radius 3 is 1.20 bits per heavy atom. The molecule has 2 aliphatic heterocycles. The highest BCUT2D eigenvalue weighted by atomic mass is 31.2. The number of aliphatic hydroxyl groups is 4. The Labute approximate surface area is 628 Å². The smallest absolute Gasteiger partial charge is 0.470 e. The van der Waals surface area contributed by atoms with Crippen LogP contribution >= 0.6 is 7.82 Å². The van der Waals surface area contributed by atoms with Crippen LogP contribution in [0.15, 0.2) is 0 Å². The van der Waals surface area contributed by atoms with E-state index in [1.54, 1.807) is 0 Å². The average Bonchev–Trinajstić information content (AvgIpc) is 0.781. The minimum Gasteiger partial charge on any atom is -0.480 e. The van der Waals surface area contributed by atoms with E-state index in [0.29, 0.717) is 44.9 Å². The number of hydrogen-bond acceptors (Lipinski definition) is 21. The third kappa shape index (κ3) is 47.0. The Hall–Kier alpha value is -3.92. The van der Waals surface area contributed by atoms with Gasteiger partial charge in [-0.25, -0.2) is 9.36 Å². The summed E-state index contributed by atoms with van der Waals surface area (Å²) in [6.07, 6.45) is 14.8. The van der Waals surface area contributed by atoms with Crippen LogP contribution in [-0.4, -0.2) is 183 Å². The maximum Gasteiger partial charge on any atom is 0.470 e. The Morgan fingerprint density at radius 1 is 0.419 bits per heavy atom. The first-order valence-electron chi connectivity index (χ1n) is 41.0. The maximum atomic E-state index is 14.7. The van der Waals surface area contributed by atoms with Crippen molar-refractivity contribution in [3.8, 4) is 0 Å². The first-order chi connectivity index (χ1) is 50.5. The summed E-state index contributed by atoms with van der Waals surface area (Å²) < 4.78 is 66.6. The van der Waals surface area contributed by atoms with Crippen LogP contribution in [0.3, 0.4) is 0 Å². The van der Waals surface area contributed by atoms with Crippen LogP contribution in [0.2, 0.25) is 0 Å². The molecule has 2 rings (SSSR count). The topological polar surface area (TPSA) is 385 Å². The van der Waals surface area contributed by atoms with Crippen LogP contribution < -0.4 is 10.6 Å². The van der Waals surface area contributed by atoms with E-state index in [1.165, 1.54) is 32.1 Å². The molecule has 0 spiro atoms. The number of aliphatic hydroxyl groups excluding tert-OH is 4. The van der Waals surface area contributed by atoms with Crippen molar-refractivity contribution in [1.82, 2.24) is 10.6 Å². The molecule has 614 valence electrons. The van der Waals surface area contributed by atoms with E-state index in [0.717, 1.165) is 173 Å². The zero-order valence-electron chi connectivity index (χ0n) is 65.2. The number of aliphatic carboxylic acids is 1. The van der Waals surface area contributed by atoms with Crippen LogP contribution in [-0.2, 0) is 80.5 Å². The number of esters is 4. The van der Waals surface area contributed by atoms with Gasteiger partial charge in [-0.1, -0.05) is 260 Å². The fraction of sp³-hybridized carbons (Fsp3) is 0.910. The van der Waals surface area contributed by atoms with Gasteiger partial charge in [-0.2, -0.15) is 0 Å². The zero-order chi connectivity index (χ0) is 77.5. The molecule has 0 aromatic heterocycles. The molecule has 0 aliphatic carbocycles. The predicted octanol–water partition coefficient (Wildman–Crippen LogP) is 13.6. The van der Waals surface area contributed by atoms with Crippen molar-refractivity contribution < 1.29 is 116 Å². The molecular weight excluding hydrogens is 1380 g/mol. The van der Waals surface area contributed by atoms with E-state index in [2.05, 4.69) is 45.3 Å². The van der Waals surface area contributed by atoms with Gasteiger partial charge in [0, 0.05) is 12.8 Å². The van der Waals surface area contributed by atoms with E-state index < -0.39 is 181 Å². The molecule has 105 heavy (non-hydrogen) atoms. The number of phosphoric ester groups is 1. The molecule has 0 unspecified atom stereocenters. The Kier molecular flexibility index (Phi) is 56.3. The SMILES string of the molecule is CCCCCCCCCCCC(=O)O[C@H](CCCCCCC)CC(=O)N[C@H]1[C@@H](OCC(=O)O)O[C@H](CO[C@@H]2O[C@H](CO)[C@@H](OP(=O)(O)O)[C@H](OC(=O)C[C@H](O)CCCCCCC)[C@H]2NC(=O)C[C@H](O)CCCCCCC)[C@@H](O)[C@@H]1OC(=O)C[C@@H](CCCCCCC)OC(=O)CCCCCCCCCCC. The van der Waals surface area contributed by atoms with Crippen LogP contribution in [0.25, 0.3) is 0 Å². The van der Waals surface area contributed by atoms with Gasteiger partial charge in [0.1, 0.15) is 55.3 Å². The van der Waals surface area contributed by atoms with Crippen molar-refractivity contribution in [1.29, 1.82) is 0 Å². The lowest BCUT2D eigenvalue weighted by atomic mass is 9.95. The first-order valence-corrected chi connectivity index (χ1v) is 42.6. The standard InChI is InChI=1S/C78H143N2O24P/c1-7-13-19-25-27-29-31-37-43-49-67(88)98-60(47-41-35-23-17-11-5)53-65(85)80-71-75(102-70(91)54-61(48-42-36-24-18-12-6)99-68(89)50-44-38-32-30-28-26-20-14-8-2)73(92)63(101-77(71)97-57-66(86)87)56-96-78-72(79-64(84)51-58(82)45-39-33-21-15-9-3)76(74(62(55-81)100-78)104-105(93,94)95)103-69(90)52-59(83)46-40-34-22-16-10-4/h58-63,71-78,81-83,92H,7-57H2,1-6H3,(H,79,84)(H,80,85)(H,86,87)(H2,93,94,95)/t58-,59-,60-,61-,62-,63-,71-,72-,73-,74-,75-,76-,77+,78-/m1/s1. The molecule has 0 aromatic carbocycles. The molecule has 2 fully saturated rings. The fourth-order valence-electron chi connectivity index (χ4n) is 13.5. The molecule has 2 saturated heterocycles. The number of rotatable bonds is 67. The number of carboxylic acid groups (broad SMARTS) is 1. The monoisotopic (exact) mass is 1520 g/mol. The second kappa shape index (κ2) is 60.8. The Morgan fingerprint density at radius 2 is 0.771 bits per heavy atom. The second-order valence-electron chi connectivity index (χ2n) is 29.3. The van der Waals surface area contributed by atoms with Crippen LogP contribution in [0, 0.1) is 0 Å². The van der Waals surface area contributed by atoms with Crippen LogP contribution in [0.1, 0.15) is 350 Å². The summed E-state index contributed by atoms with van der Waals surface area (Å²) in [4.78, 5) is 117. The lowest BCUT2D eigenvalue weighted by molar-refractivity contribution is -0.304. The highest BCUT2D eigenvalue weighted by molar-refractivity contribution is 7.46. The van der Waals surface area contributed by atoms with Crippen LogP contribution in [0.4, 0.5) is 0 Å². The molecule has 14 atom stereocenters. The Bertz CT molecular complexity index is 2340. The van der Waals surface area contributed by atoms with Crippen molar-refractivity contribution in [2.24, 2.45) is 0 Å². The molecule has 2 amide bonds. The van der Waals surface area contributed by atoms with Gasteiger partial charge in [0.25, 0.3) is 0 Å². The van der Waals surface area contributed by atoms with Gasteiger partial charge in [-0.05, 0) is 51.4 Å². The zero-order valence-corrected chi connectivity index (χ0v) is 66.1. The fourth-order valence-corrected chi connectivity index (χ4v) is 14.0. The van der Waals surface area contributed by atoms with Gasteiger partial charge < -0.3 is 83.8 Å². The number of hydrogen-bond donors (Lipinski definition) is 9. The van der Waals surface area contributed by atoms with Crippen molar-refractivity contribution in [3.05, 3.63) is 0 Å². The quantitative estimate of drug-likeness (QED) is 0.0118. The number of nitrogens with one attached hydrogen (secondary N) is 2. The van der Waals surface area contributed by atoms with Gasteiger partial charge in [0.05, 0.1) is 51.1 Å². The van der Waals surface area contributed by atoms with Gasteiger partial charge >= 0.3 is 37.7 Å². The summed E-state index contributed by atoms with van der Waals surface area (Å²) in [5.74, 6) is -6.26. The van der Waals surface area contributed by atoms with Crippen LogP contribution in [0.5, 0.6) is 0 Å². The van der Waals surface area contributed by atoms with E-state index >= 15 is 0 Å². The summed E-state index contributed by atoms with van der Waals surface area (Å²) >= 11 is 0. The lowest BCUT2D eigenvalue weighted by Crippen LogP contribution is -2.68. The number of carbonyl (C=O) groups is 7. The predicted molar refractivity (Wildman–Crippen MR) is 398 cm³/mol. The normalized spacial score (nSPS) is 21.6. The van der Waals surface area contributed by atoms with E-state index in [4.69, 9.17) is 42.4 Å². The molecule has 0 radical (unpaired) electrons. The van der Waals surface area contributed by atoms with E-state index in [-0.39, 0.29) is 32.1 Å². The molecule has 0 saturated carbocycles. The summed E-state index contributed by atoms with van der Waals surface area (Å²) in [6, 6.07) is -3.54. The molecule has 2 aliphatic rings. The van der Waals surface area contributed by atoms with E-state index in [9.17, 15) is 73.4 Å². The number of ether oxygens (including phenoxy) is 8. The molecule has 27 heteroatoms. The van der Waals surface area contributed by atoms with Gasteiger partial charge in [-0.3, -0.25) is 33.3 Å². The van der Waals surface area contributed by atoms with Crippen molar-refractivity contribution in [2.45, 2.75) is 435 Å². The summed E-state index contributed by atoms with van der Waals surface area (Å²) in [5.41, 5.74) is 0. The highest BCUT2D eigenvalue weighted by Gasteiger charge is 2.54. The highest BCUT2D eigenvalue weighted by Crippen LogP contribution is 2.43. The third-order valence-electron chi connectivity index (χ3n) is 19.5.